The van der Waals surface area contributed by atoms with Crippen molar-refractivity contribution < 1.29 is 4.84 Å². The van der Waals surface area contributed by atoms with Crippen molar-refractivity contribution in [1.82, 2.24) is 0 Å². The zero-order valence-electron chi connectivity index (χ0n) is 7.45. The molecule has 13 heavy (non-hydrogen) atoms. The van der Waals surface area contributed by atoms with Crippen LogP contribution in [0.3, 0.4) is 0 Å². The van der Waals surface area contributed by atoms with Gasteiger partial charge in [-0.1, -0.05) is 21.1 Å². The van der Waals surface area contributed by atoms with Crippen LogP contribution in [-0.2, 0) is 4.84 Å². The molecule has 1 aromatic rings. The number of halogens is 1. The minimum Gasteiger partial charge on any atom is -0.399 e. The predicted molar refractivity (Wildman–Crippen MR) is 60.5 cm³/mol. The van der Waals surface area contributed by atoms with Gasteiger partial charge in [-0.25, -0.2) is 0 Å². The van der Waals surface area contributed by atoms with E-state index in [1.54, 1.807) is 18.0 Å². The number of hydrogen-bond acceptors (Lipinski definition) is 3. The van der Waals surface area contributed by atoms with Crippen LogP contribution in [0.2, 0.25) is 0 Å². The van der Waals surface area contributed by atoms with E-state index >= 15 is 0 Å². The summed E-state index contributed by atoms with van der Waals surface area (Å²) in [7, 11) is 1.53. The van der Waals surface area contributed by atoms with Gasteiger partial charge in [0.25, 0.3) is 0 Å². The first-order valence-electron chi connectivity index (χ1n) is 3.68. The fraction of sp³-hybridized carbons (Fsp3) is 0.222. The van der Waals surface area contributed by atoms with Crippen LogP contribution in [0.5, 0.6) is 0 Å². The van der Waals surface area contributed by atoms with Crippen LogP contribution in [0.4, 0.5) is 0 Å². The molecule has 0 bridgehead atoms. The van der Waals surface area contributed by atoms with E-state index in [0.717, 1.165) is 10.0 Å². The standard InChI is InChI=1S/C9H10BrNOS/c1-12-11-6-7-5-8(10)3-4-9(7)13-2/h3-6H,1-2H3/b11-6+. The van der Waals surface area contributed by atoms with E-state index in [1.807, 2.05) is 24.5 Å². The largest absolute Gasteiger partial charge is 0.399 e. The third-order valence-electron chi connectivity index (χ3n) is 1.49. The van der Waals surface area contributed by atoms with Gasteiger partial charge in [0.05, 0.1) is 6.21 Å². The summed E-state index contributed by atoms with van der Waals surface area (Å²) in [6.45, 7) is 0. The van der Waals surface area contributed by atoms with E-state index in [2.05, 4.69) is 25.9 Å². The van der Waals surface area contributed by atoms with Crippen LogP contribution in [0, 0.1) is 0 Å². The van der Waals surface area contributed by atoms with Gasteiger partial charge in [0, 0.05) is 14.9 Å². The molecule has 0 fully saturated rings. The van der Waals surface area contributed by atoms with Crippen molar-refractivity contribution in [1.29, 1.82) is 0 Å². The third-order valence-corrected chi connectivity index (χ3v) is 2.79. The molecule has 0 N–H and O–H groups in total. The third kappa shape index (κ3) is 3.04. The van der Waals surface area contributed by atoms with Gasteiger partial charge in [-0.2, -0.15) is 0 Å². The number of thioether (sulfide) groups is 1. The Kier molecular flexibility index (Phi) is 4.32. The van der Waals surface area contributed by atoms with E-state index in [-0.39, 0.29) is 0 Å². The summed E-state index contributed by atoms with van der Waals surface area (Å²) in [6.07, 6.45) is 3.74. The molecule has 0 heterocycles. The molecular formula is C9H10BrNOS. The van der Waals surface area contributed by atoms with Gasteiger partial charge in [0.15, 0.2) is 0 Å². The van der Waals surface area contributed by atoms with Gasteiger partial charge in [0.1, 0.15) is 7.11 Å². The van der Waals surface area contributed by atoms with Crippen molar-refractivity contribution >= 4 is 33.9 Å². The molecule has 0 saturated heterocycles. The highest BCUT2D eigenvalue weighted by molar-refractivity contribution is 9.10. The average molecular weight is 260 g/mol. The summed E-state index contributed by atoms with van der Waals surface area (Å²) in [5, 5.41) is 3.73. The molecule has 0 radical (unpaired) electrons. The molecule has 1 aromatic carbocycles. The van der Waals surface area contributed by atoms with E-state index in [0.29, 0.717) is 0 Å². The maximum Gasteiger partial charge on any atom is 0.106 e. The predicted octanol–water partition coefficient (Wildman–Crippen LogP) is 3.15. The highest BCUT2D eigenvalue weighted by Crippen LogP contribution is 2.22. The van der Waals surface area contributed by atoms with E-state index in [1.165, 1.54) is 12.0 Å². The average Bonchev–Trinajstić information content (AvgIpc) is 2.15. The Morgan fingerprint density at radius 3 is 2.92 bits per heavy atom. The molecule has 0 aliphatic rings. The monoisotopic (exact) mass is 259 g/mol. The van der Waals surface area contributed by atoms with Gasteiger partial charge in [-0.15, -0.1) is 11.8 Å². The second-order valence-corrected chi connectivity index (χ2v) is 4.07. The quantitative estimate of drug-likeness (QED) is 0.473. The van der Waals surface area contributed by atoms with Crippen molar-refractivity contribution in [2.45, 2.75) is 4.90 Å². The summed E-state index contributed by atoms with van der Waals surface area (Å²) in [5.41, 5.74) is 1.06. The Morgan fingerprint density at radius 2 is 2.31 bits per heavy atom. The molecule has 0 aliphatic carbocycles. The second kappa shape index (κ2) is 5.29. The lowest BCUT2D eigenvalue weighted by molar-refractivity contribution is 0.215. The van der Waals surface area contributed by atoms with Crippen LogP contribution >= 0.6 is 27.7 Å². The van der Waals surface area contributed by atoms with E-state index in [4.69, 9.17) is 0 Å². The van der Waals surface area contributed by atoms with Gasteiger partial charge >= 0.3 is 0 Å². The highest BCUT2D eigenvalue weighted by atomic mass is 79.9. The lowest BCUT2D eigenvalue weighted by atomic mass is 10.2. The van der Waals surface area contributed by atoms with Gasteiger partial charge in [0.2, 0.25) is 0 Å². The molecule has 1 rings (SSSR count). The summed E-state index contributed by atoms with van der Waals surface area (Å²) in [6, 6.07) is 6.07. The molecule has 2 nitrogen and oxygen atoms in total. The smallest absolute Gasteiger partial charge is 0.106 e. The number of hydrogen-bond donors (Lipinski definition) is 0. The maximum absolute atomic E-state index is 4.63. The Balaban J connectivity index is 3.01. The molecule has 0 spiro atoms. The molecule has 0 aliphatic heterocycles. The minimum absolute atomic E-state index is 1.04. The van der Waals surface area contributed by atoms with E-state index in [9.17, 15) is 0 Å². The number of nitrogens with zero attached hydrogens (tertiary/aromatic N) is 1. The Morgan fingerprint density at radius 1 is 1.54 bits per heavy atom. The Bertz CT molecular complexity index is 314. The molecule has 70 valence electrons. The van der Waals surface area contributed by atoms with Crippen molar-refractivity contribution in [3.8, 4) is 0 Å². The molecular weight excluding hydrogens is 250 g/mol. The Labute approximate surface area is 90.5 Å². The first-order valence-corrected chi connectivity index (χ1v) is 5.69. The summed E-state index contributed by atoms with van der Waals surface area (Å²) in [5.74, 6) is 0. The summed E-state index contributed by atoms with van der Waals surface area (Å²) < 4.78 is 1.04. The van der Waals surface area contributed by atoms with Crippen LogP contribution in [0.15, 0.2) is 32.7 Å². The fourth-order valence-electron chi connectivity index (χ4n) is 0.916. The SMILES string of the molecule is CO/N=C/c1cc(Br)ccc1SC. The van der Waals surface area contributed by atoms with Crippen LogP contribution in [-0.4, -0.2) is 19.6 Å². The van der Waals surface area contributed by atoms with Gasteiger partial charge < -0.3 is 4.84 Å². The normalized spacial score (nSPS) is 10.7. The first-order chi connectivity index (χ1) is 6.27. The van der Waals surface area contributed by atoms with Crippen molar-refractivity contribution in [3.05, 3.63) is 28.2 Å². The van der Waals surface area contributed by atoms with E-state index < -0.39 is 0 Å². The van der Waals surface area contributed by atoms with Crippen LogP contribution in [0.25, 0.3) is 0 Å². The second-order valence-electron chi connectivity index (χ2n) is 2.30. The van der Waals surface area contributed by atoms with Gasteiger partial charge in [-0.3, -0.25) is 0 Å². The minimum atomic E-state index is 1.04. The summed E-state index contributed by atoms with van der Waals surface area (Å²) in [4.78, 5) is 5.81. The van der Waals surface area contributed by atoms with Crippen molar-refractivity contribution in [2.75, 3.05) is 13.4 Å². The molecule has 0 unspecified atom stereocenters. The van der Waals surface area contributed by atoms with Crippen LogP contribution in [0.1, 0.15) is 5.56 Å². The fourth-order valence-corrected chi connectivity index (χ4v) is 1.85. The Hall–Kier alpha value is -0.480. The number of oxime groups is 1. The van der Waals surface area contributed by atoms with Crippen molar-refractivity contribution in [2.24, 2.45) is 5.16 Å². The molecule has 0 saturated carbocycles. The summed E-state index contributed by atoms with van der Waals surface area (Å²) >= 11 is 5.09. The molecule has 0 atom stereocenters. The topological polar surface area (TPSA) is 21.6 Å². The van der Waals surface area contributed by atoms with Gasteiger partial charge in [-0.05, 0) is 24.5 Å². The lowest BCUT2D eigenvalue weighted by Gasteiger charge is -2.01. The zero-order chi connectivity index (χ0) is 9.68. The highest BCUT2D eigenvalue weighted by Gasteiger charge is 1.99. The first kappa shape index (κ1) is 10.6. The number of benzene rings is 1. The van der Waals surface area contributed by atoms with Crippen LogP contribution < -0.4 is 0 Å². The molecule has 4 heteroatoms. The zero-order valence-corrected chi connectivity index (χ0v) is 9.85. The number of rotatable bonds is 3. The molecule has 0 amide bonds. The maximum atomic E-state index is 4.63. The molecule has 0 aromatic heterocycles. The van der Waals surface area contributed by atoms with Crippen molar-refractivity contribution in [3.63, 3.8) is 0 Å². The lowest BCUT2D eigenvalue weighted by Crippen LogP contribution is -1.86.